The zero-order chi connectivity index (χ0) is 35.2. The van der Waals surface area contributed by atoms with Gasteiger partial charge in [-0.25, -0.2) is 0 Å². The molecule has 0 radical (unpaired) electrons. The largest absolute Gasteiger partial charge is 0.313 e. The van der Waals surface area contributed by atoms with Crippen molar-refractivity contribution in [3.05, 3.63) is 168 Å². The van der Waals surface area contributed by atoms with Gasteiger partial charge in [-0.2, -0.15) is 10.5 Å². The summed E-state index contributed by atoms with van der Waals surface area (Å²) in [5, 5.41) is 27.6. The van der Waals surface area contributed by atoms with Crippen molar-refractivity contribution in [1.29, 1.82) is 10.5 Å². The number of para-hydroxylation sites is 3. The molecule has 0 bridgehead atoms. The Morgan fingerprint density at radius 1 is 0.566 bits per heavy atom. The molecule has 0 N–H and O–H groups in total. The lowest BCUT2D eigenvalue weighted by Crippen LogP contribution is -2.14. The number of allylic oxidation sites excluding steroid dienone is 9. The smallest absolute Gasteiger partial charge is 0.101 e. The molecule has 5 aromatic carbocycles. The Labute approximate surface area is 305 Å². The van der Waals surface area contributed by atoms with E-state index in [2.05, 4.69) is 159 Å². The highest BCUT2D eigenvalue weighted by atomic mass is 15.0. The Morgan fingerprint density at radius 3 is 1.81 bits per heavy atom. The fourth-order valence-electron chi connectivity index (χ4n) is 9.35. The predicted octanol–water partition coefficient (Wildman–Crippen LogP) is 11.6. The van der Waals surface area contributed by atoms with Crippen LogP contribution < -0.4 is 0 Å². The Kier molecular flexibility index (Phi) is 6.27. The highest BCUT2D eigenvalue weighted by molar-refractivity contribution is 6.29. The van der Waals surface area contributed by atoms with E-state index in [1.807, 2.05) is 18.2 Å². The van der Waals surface area contributed by atoms with Crippen LogP contribution >= 0.6 is 0 Å². The summed E-state index contributed by atoms with van der Waals surface area (Å²) in [6.07, 6.45) is 21.8. The highest BCUT2D eigenvalue weighted by Gasteiger charge is 2.31. The van der Waals surface area contributed by atoms with Gasteiger partial charge in [0, 0.05) is 44.5 Å². The van der Waals surface area contributed by atoms with Crippen LogP contribution in [0, 0.1) is 28.6 Å². The summed E-state index contributed by atoms with van der Waals surface area (Å²) < 4.78 is 6.79. The van der Waals surface area contributed by atoms with Crippen molar-refractivity contribution < 1.29 is 0 Å². The Hall–Kier alpha value is -7.08. The van der Waals surface area contributed by atoms with E-state index in [-0.39, 0.29) is 11.8 Å². The first-order valence-electron chi connectivity index (χ1n) is 18.2. The van der Waals surface area contributed by atoms with Gasteiger partial charge in [0.05, 0.1) is 55.8 Å². The van der Waals surface area contributed by atoms with Crippen molar-refractivity contribution in [1.82, 2.24) is 13.7 Å². The molecule has 0 aliphatic heterocycles. The van der Waals surface area contributed by atoms with Gasteiger partial charge in [-0.05, 0) is 73.0 Å². The summed E-state index contributed by atoms with van der Waals surface area (Å²) in [5.41, 5.74) is 11.4. The van der Waals surface area contributed by atoms with Gasteiger partial charge >= 0.3 is 0 Å². The Morgan fingerprint density at radius 2 is 1.15 bits per heavy atom. The van der Waals surface area contributed by atoms with Crippen LogP contribution in [0.15, 0.2) is 146 Å². The van der Waals surface area contributed by atoms with Gasteiger partial charge in [0.25, 0.3) is 0 Å². The van der Waals surface area contributed by atoms with E-state index >= 15 is 0 Å². The van der Waals surface area contributed by atoms with Crippen molar-refractivity contribution in [2.45, 2.75) is 18.8 Å². The Bertz CT molecular complexity index is 3150. The van der Waals surface area contributed by atoms with Crippen molar-refractivity contribution >= 4 is 66.3 Å². The molecule has 2 atom stereocenters. The minimum absolute atomic E-state index is 0.206. The second kappa shape index (κ2) is 11.2. The van der Waals surface area contributed by atoms with Gasteiger partial charge in [-0.3, -0.25) is 0 Å². The van der Waals surface area contributed by atoms with E-state index < -0.39 is 0 Å². The van der Waals surface area contributed by atoms with Gasteiger partial charge in [0.2, 0.25) is 0 Å². The average molecular weight is 678 g/mol. The van der Waals surface area contributed by atoms with Crippen LogP contribution in [0.5, 0.6) is 0 Å². The number of hydrogen-bond acceptors (Lipinski definition) is 2. The van der Waals surface area contributed by atoms with Crippen LogP contribution in [0.2, 0.25) is 0 Å². The van der Waals surface area contributed by atoms with E-state index in [9.17, 15) is 10.5 Å². The molecule has 0 spiro atoms. The zero-order valence-electron chi connectivity index (χ0n) is 28.7. The van der Waals surface area contributed by atoms with Crippen molar-refractivity contribution in [3.63, 3.8) is 0 Å². The topological polar surface area (TPSA) is 62.4 Å². The molecule has 5 nitrogen and oxygen atoms in total. The van der Waals surface area contributed by atoms with Crippen LogP contribution in [-0.4, -0.2) is 13.7 Å². The number of aromatic nitrogens is 3. The van der Waals surface area contributed by atoms with Crippen molar-refractivity contribution in [2.24, 2.45) is 5.92 Å². The van der Waals surface area contributed by atoms with Gasteiger partial charge in [-0.15, -0.1) is 0 Å². The molecule has 248 valence electrons. The molecule has 53 heavy (non-hydrogen) atoms. The summed E-state index contributed by atoms with van der Waals surface area (Å²) in [5.74, 6) is 0.490. The van der Waals surface area contributed by atoms with Gasteiger partial charge in [0.1, 0.15) is 12.1 Å². The molecule has 8 aromatic rings. The molecular weight excluding hydrogens is 647 g/mol. The maximum atomic E-state index is 10.9. The van der Waals surface area contributed by atoms with Crippen LogP contribution in [-0.2, 0) is 0 Å². The second-order valence-electron chi connectivity index (χ2n) is 14.2. The summed E-state index contributed by atoms with van der Waals surface area (Å²) >= 11 is 0. The first-order valence-corrected chi connectivity index (χ1v) is 18.2. The first kappa shape index (κ1) is 29.6. The second-order valence-corrected chi connectivity index (χ2v) is 14.2. The standard InChI is InChI=1S/C48H31N5/c49-28-31-27-45(32(29-50)26-44(31)52-39-20-10-6-16-35(39)46-34-15-5-4-12-30(34)22-23-41(46)52)53-40-21-11-8-18-37(40)48-43(53)25-24-42-47(48)36-17-7-9-19-38(36)51(42)33-13-2-1-3-14-33/h1-2,4-13,15-27,30,34H,3,14H2. The molecule has 0 amide bonds. The molecule has 0 fully saturated rings. The van der Waals surface area contributed by atoms with E-state index in [1.165, 1.54) is 38.5 Å². The lowest BCUT2D eigenvalue weighted by atomic mass is 9.78. The van der Waals surface area contributed by atoms with E-state index in [0.717, 1.165) is 45.9 Å². The normalized spacial score (nSPS) is 17.4. The minimum Gasteiger partial charge on any atom is -0.313 e. The van der Waals surface area contributed by atoms with Crippen LogP contribution in [0.4, 0.5) is 0 Å². The third-order valence-corrected chi connectivity index (χ3v) is 11.5. The van der Waals surface area contributed by atoms with Gasteiger partial charge in [0.15, 0.2) is 0 Å². The molecule has 3 aliphatic rings. The maximum Gasteiger partial charge on any atom is 0.101 e. The fraction of sp³-hybridized carbons (Fsp3) is 0.0833. The molecule has 0 saturated heterocycles. The number of benzene rings is 5. The van der Waals surface area contributed by atoms with Gasteiger partial charge < -0.3 is 13.7 Å². The summed E-state index contributed by atoms with van der Waals surface area (Å²) in [6, 6.07) is 38.9. The van der Waals surface area contributed by atoms with Gasteiger partial charge in [-0.1, -0.05) is 97.1 Å². The number of nitrogens with zero attached hydrogens (tertiary/aromatic N) is 5. The molecule has 0 saturated carbocycles. The molecule has 2 unspecified atom stereocenters. The number of fused-ring (bicyclic) bond motifs is 12. The van der Waals surface area contributed by atoms with Crippen LogP contribution in [0.3, 0.4) is 0 Å². The van der Waals surface area contributed by atoms with Crippen LogP contribution in [0.1, 0.15) is 41.1 Å². The maximum absolute atomic E-state index is 10.9. The third-order valence-electron chi connectivity index (χ3n) is 11.5. The van der Waals surface area contributed by atoms with E-state index in [4.69, 9.17) is 0 Å². The quantitative estimate of drug-likeness (QED) is 0.187. The molecule has 3 aliphatic carbocycles. The SMILES string of the molecule is N#Cc1cc(-n2c3ccccc3c3c4c5ccccc5n(C5=CC=CCC5)c4ccc32)c(C#N)cc1-n1c2c(c3ccccc31)C1C=CC=CC1C=C2. The lowest BCUT2D eigenvalue weighted by molar-refractivity contribution is 0.693. The average Bonchev–Trinajstić information content (AvgIpc) is 3.86. The predicted molar refractivity (Wildman–Crippen MR) is 216 cm³/mol. The summed E-state index contributed by atoms with van der Waals surface area (Å²) in [4.78, 5) is 0. The van der Waals surface area contributed by atoms with Crippen LogP contribution in [0.25, 0.3) is 77.7 Å². The molecule has 5 heteroatoms. The fourth-order valence-corrected chi connectivity index (χ4v) is 9.35. The highest BCUT2D eigenvalue weighted by Crippen LogP contribution is 2.46. The molecular formula is C48H31N5. The number of nitriles is 2. The first-order chi connectivity index (χ1) is 26.2. The van der Waals surface area contributed by atoms with E-state index in [1.54, 1.807) is 0 Å². The van der Waals surface area contributed by atoms with Crippen molar-refractivity contribution in [2.75, 3.05) is 0 Å². The number of hydrogen-bond donors (Lipinski definition) is 0. The van der Waals surface area contributed by atoms with Crippen molar-refractivity contribution in [3.8, 4) is 23.5 Å². The lowest BCUT2D eigenvalue weighted by Gasteiger charge is -2.26. The van der Waals surface area contributed by atoms with E-state index in [0.29, 0.717) is 22.5 Å². The Balaban J connectivity index is 1.20. The zero-order valence-corrected chi connectivity index (χ0v) is 28.7. The monoisotopic (exact) mass is 677 g/mol. The third kappa shape index (κ3) is 4.05. The summed E-state index contributed by atoms with van der Waals surface area (Å²) in [7, 11) is 0. The summed E-state index contributed by atoms with van der Waals surface area (Å²) in [6.45, 7) is 0. The minimum atomic E-state index is 0.206. The number of rotatable bonds is 3. The molecule has 3 heterocycles. The molecule has 11 rings (SSSR count). The molecule has 3 aromatic heterocycles.